The lowest BCUT2D eigenvalue weighted by Crippen LogP contribution is -2.39. The van der Waals surface area contributed by atoms with Gasteiger partial charge >= 0.3 is 0 Å². The fraction of sp³-hybridized carbons (Fsp3) is 0.625. The Balaban J connectivity index is 2.15. The van der Waals surface area contributed by atoms with E-state index in [1.807, 2.05) is 0 Å². The summed E-state index contributed by atoms with van der Waals surface area (Å²) in [6.07, 6.45) is 2.48. The van der Waals surface area contributed by atoms with Crippen molar-refractivity contribution in [3.63, 3.8) is 0 Å². The van der Waals surface area contributed by atoms with Crippen LogP contribution in [0.25, 0.3) is 0 Å². The molecule has 1 unspecified atom stereocenters. The maximum atomic E-state index is 3.41. The maximum Gasteiger partial charge on any atom is 0.0239 e. The van der Waals surface area contributed by atoms with Gasteiger partial charge in [0, 0.05) is 19.1 Å². The minimum absolute atomic E-state index is 0.733. The summed E-state index contributed by atoms with van der Waals surface area (Å²) < 4.78 is 0. The highest BCUT2D eigenvalue weighted by atomic mass is 15.2. The van der Waals surface area contributed by atoms with Crippen LogP contribution in [0.15, 0.2) is 18.2 Å². The summed E-state index contributed by atoms with van der Waals surface area (Å²) in [6, 6.07) is 7.75. The number of nitrogens with one attached hydrogen (secondary N) is 1. The normalized spacial score (nSPS) is 19.8. The van der Waals surface area contributed by atoms with Crippen molar-refractivity contribution in [3.05, 3.63) is 34.9 Å². The molecule has 100 valence electrons. The zero-order valence-corrected chi connectivity index (χ0v) is 12.0. The van der Waals surface area contributed by atoms with Crippen molar-refractivity contribution in [2.24, 2.45) is 0 Å². The highest BCUT2D eigenvalue weighted by Crippen LogP contribution is 2.25. The van der Waals surface area contributed by atoms with Crippen LogP contribution in [-0.4, -0.2) is 24.0 Å². The quantitative estimate of drug-likeness (QED) is 0.859. The minimum Gasteiger partial charge on any atom is -0.313 e. The van der Waals surface area contributed by atoms with Crippen LogP contribution < -0.4 is 5.32 Å². The molecule has 0 saturated carbocycles. The van der Waals surface area contributed by atoms with Crippen molar-refractivity contribution in [2.75, 3.05) is 13.1 Å². The molecule has 1 aliphatic heterocycles. The second kappa shape index (κ2) is 6.35. The van der Waals surface area contributed by atoms with Crippen LogP contribution in [0.2, 0.25) is 0 Å². The molecule has 18 heavy (non-hydrogen) atoms. The van der Waals surface area contributed by atoms with E-state index in [1.165, 1.54) is 24.0 Å². The van der Waals surface area contributed by atoms with E-state index in [1.54, 1.807) is 5.56 Å². The van der Waals surface area contributed by atoms with E-state index in [-0.39, 0.29) is 0 Å². The molecule has 1 aliphatic rings. The average molecular weight is 246 g/mol. The molecular weight excluding hydrogens is 220 g/mol. The van der Waals surface area contributed by atoms with Crippen molar-refractivity contribution in [1.82, 2.24) is 10.2 Å². The smallest absolute Gasteiger partial charge is 0.0239 e. The minimum atomic E-state index is 0.733. The third-order valence-corrected chi connectivity index (χ3v) is 4.07. The molecule has 1 aromatic carbocycles. The summed E-state index contributed by atoms with van der Waals surface area (Å²) in [5, 5.41) is 3.41. The molecule has 0 amide bonds. The van der Waals surface area contributed by atoms with Gasteiger partial charge in [-0.15, -0.1) is 0 Å². The first-order valence-electron chi connectivity index (χ1n) is 7.33. The van der Waals surface area contributed by atoms with Gasteiger partial charge in [-0.1, -0.05) is 39.0 Å². The van der Waals surface area contributed by atoms with Crippen molar-refractivity contribution in [2.45, 2.75) is 52.7 Å². The van der Waals surface area contributed by atoms with E-state index in [2.05, 4.69) is 49.2 Å². The molecule has 1 N–H and O–H groups in total. The van der Waals surface area contributed by atoms with Gasteiger partial charge in [0.05, 0.1) is 0 Å². The van der Waals surface area contributed by atoms with E-state index in [0.717, 1.165) is 32.2 Å². The molecule has 0 aromatic heterocycles. The van der Waals surface area contributed by atoms with Gasteiger partial charge in [0.2, 0.25) is 0 Å². The third-order valence-electron chi connectivity index (χ3n) is 4.07. The Hall–Kier alpha value is -0.860. The molecule has 0 aliphatic carbocycles. The lowest BCUT2D eigenvalue weighted by Gasteiger charge is -2.36. The van der Waals surface area contributed by atoms with E-state index >= 15 is 0 Å². The molecule has 1 aromatic rings. The highest BCUT2D eigenvalue weighted by Gasteiger charge is 2.23. The number of hydrogen-bond donors (Lipinski definition) is 1. The largest absolute Gasteiger partial charge is 0.313 e. The highest BCUT2D eigenvalue weighted by molar-refractivity contribution is 5.34. The number of rotatable bonds is 5. The SMILES string of the molecule is CCNCc1ccc2c(c1)CC(CC)N(CC)C2. The summed E-state index contributed by atoms with van der Waals surface area (Å²) in [4.78, 5) is 2.60. The number of nitrogens with zero attached hydrogens (tertiary/aromatic N) is 1. The molecule has 0 spiro atoms. The Kier molecular flexibility index (Phi) is 4.79. The molecular formula is C16H26N2. The van der Waals surface area contributed by atoms with Crippen LogP contribution in [0, 0.1) is 0 Å². The van der Waals surface area contributed by atoms with Crippen LogP contribution in [0.4, 0.5) is 0 Å². The molecule has 2 heteroatoms. The summed E-state index contributed by atoms with van der Waals surface area (Å²) in [5.74, 6) is 0. The zero-order valence-electron chi connectivity index (χ0n) is 12.0. The molecule has 0 bridgehead atoms. The van der Waals surface area contributed by atoms with E-state index in [0.29, 0.717) is 0 Å². The average Bonchev–Trinajstić information content (AvgIpc) is 2.43. The Morgan fingerprint density at radius 2 is 2.06 bits per heavy atom. The second-order valence-corrected chi connectivity index (χ2v) is 5.21. The lowest BCUT2D eigenvalue weighted by molar-refractivity contribution is 0.176. The van der Waals surface area contributed by atoms with Crippen LogP contribution in [0.5, 0.6) is 0 Å². The van der Waals surface area contributed by atoms with Gasteiger partial charge in [0.15, 0.2) is 0 Å². The van der Waals surface area contributed by atoms with Crippen LogP contribution in [0.1, 0.15) is 43.9 Å². The van der Waals surface area contributed by atoms with Crippen molar-refractivity contribution in [1.29, 1.82) is 0 Å². The molecule has 1 heterocycles. The summed E-state index contributed by atoms with van der Waals surface area (Å²) >= 11 is 0. The van der Waals surface area contributed by atoms with E-state index in [9.17, 15) is 0 Å². The summed E-state index contributed by atoms with van der Waals surface area (Å²) in [7, 11) is 0. The van der Waals surface area contributed by atoms with Crippen LogP contribution in [0.3, 0.4) is 0 Å². The predicted octanol–water partition coefficient (Wildman–Crippen LogP) is 2.95. The third kappa shape index (κ3) is 2.93. The number of fused-ring (bicyclic) bond motifs is 1. The second-order valence-electron chi connectivity index (χ2n) is 5.21. The monoisotopic (exact) mass is 246 g/mol. The van der Waals surface area contributed by atoms with Crippen molar-refractivity contribution < 1.29 is 0 Å². The maximum absolute atomic E-state index is 3.41. The lowest BCUT2D eigenvalue weighted by atomic mass is 9.91. The Morgan fingerprint density at radius 1 is 1.22 bits per heavy atom. The topological polar surface area (TPSA) is 15.3 Å². The summed E-state index contributed by atoms with van der Waals surface area (Å²) in [5.41, 5.74) is 4.53. The van der Waals surface area contributed by atoms with Gasteiger partial charge in [-0.25, -0.2) is 0 Å². The first kappa shape index (κ1) is 13.6. The Labute approximate surface area is 111 Å². The summed E-state index contributed by atoms with van der Waals surface area (Å²) in [6.45, 7) is 11.1. The van der Waals surface area contributed by atoms with Crippen molar-refractivity contribution in [3.8, 4) is 0 Å². The Bertz CT molecular complexity index is 387. The molecule has 1 atom stereocenters. The predicted molar refractivity (Wildman–Crippen MR) is 77.7 cm³/mol. The van der Waals surface area contributed by atoms with E-state index < -0.39 is 0 Å². The molecule has 2 rings (SSSR count). The van der Waals surface area contributed by atoms with Gasteiger partial charge < -0.3 is 5.32 Å². The number of benzene rings is 1. The fourth-order valence-corrected chi connectivity index (χ4v) is 2.91. The van der Waals surface area contributed by atoms with Crippen molar-refractivity contribution >= 4 is 0 Å². The standard InChI is InChI=1S/C16H26N2/c1-4-16-10-15-9-13(11-17-5-2)7-8-14(15)12-18(16)6-3/h7-9,16-17H,4-6,10-12H2,1-3H3. The molecule has 0 fully saturated rings. The molecule has 2 nitrogen and oxygen atoms in total. The van der Waals surface area contributed by atoms with Gasteiger partial charge in [0.25, 0.3) is 0 Å². The first-order chi connectivity index (χ1) is 8.78. The van der Waals surface area contributed by atoms with Crippen LogP contribution >= 0.6 is 0 Å². The molecule has 0 radical (unpaired) electrons. The van der Waals surface area contributed by atoms with Gasteiger partial charge in [0.1, 0.15) is 0 Å². The number of likely N-dealkylation sites (N-methyl/N-ethyl adjacent to an activating group) is 1. The van der Waals surface area contributed by atoms with Gasteiger partial charge in [-0.2, -0.15) is 0 Å². The number of hydrogen-bond acceptors (Lipinski definition) is 2. The first-order valence-corrected chi connectivity index (χ1v) is 7.33. The van der Waals surface area contributed by atoms with Gasteiger partial charge in [-0.3, -0.25) is 4.90 Å². The van der Waals surface area contributed by atoms with Gasteiger partial charge in [-0.05, 0) is 42.6 Å². The zero-order chi connectivity index (χ0) is 13.0. The molecule has 0 saturated heterocycles. The fourth-order valence-electron chi connectivity index (χ4n) is 2.91. The van der Waals surface area contributed by atoms with Crippen LogP contribution in [-0.2, 0) is 19.5 Å². The van der Waals surface area contributed by atoms with E-state index in [4.69, 9.17) is 0 Å². The Morgan fingerprint density at radius 3 is 2.72 bits per heavy atom.